The topological polar surface area (TPSA) is 160 Å². The summed E-state index contributed by atoms with van der Waals surface area (Å²) in [7, 11) is -4.07. The summed E-state index contributed by atoms with van der Waals surface area (Å²) in [4.78, 5) is 24.2. The zero-order chi connectivity index (χ0) is 24.4. The van der Waals surface area contributed by atoms with Gasteiger partial charge in [-0.15, -0.1) is 5.92 Å². The molecule has 1 unspecified atom stereocenters. The fraction of sp³-hybridized carbons (Fsp3) is 0.381. The Morgan fingerprint density at radius 2 is 1.94 bits per heavy atom. The normalized spacial score (nSPS) is 11.8. The molecule has 1 aromatic carbocycles. The lowest BCUT2D eigenvalue weighted by Gasteiger charge is -2.17. The number of sulfonamides is 1. The fourth-order valence-corrected chi connectivity index (χ4v) is 4.12. The molecule has 0 fully saturated rings. The van der Waals surface area contributed by atoms with Crippen LogP contribution in [0.3, 0.4) is 0 Å². The molecule has 33 heavy (non-hydrogen) atoms. The third kappa shape index (κ3) is 7.31. The van der Waals surface area contributed by atoms with Gasteiger partial charge in [0.2, 0.25) is 10.0 Å². The molecular weight excluding hydrogens is 452 g/mol. The molecule has 1 atom stereocenters. The van der Waals surface area contributed by atoms with Gasteiger partial charge in [-0.25, -0.2) is 13.9 Å². The van der Waals surface area contributed by atoms with Crippen LogP contribution in [0.25, 0.3) is 0 Å². The first-order valence-corrected chi connectivity index (χ1v) is 11.5. The van der Waals surface area contributed by atoms with Crippen LogP contribution in [0, 0.1) is 25.7 Å². The second kappa shape index (κ2) is 12.0. The van der Waals surface area contributed by atoms with Gasteiger partial charge in [0.25, 0.3) is 11.8 Å². The van der Waals surface area contributed by atoms with Crippen LogP contribution in [0.4, 0.5) is 0 Å². The van der Waals surface area contributed by atoms with Gasteiger partial charge < -0.3 is 14.6 Å². The lowest BCUT2D eigenvalue weighted by molar-refractivity contribution is -0.131. The van der Waals surface area contributed by atoms with Gasteiger partial charge in [-0.2, -0.15) is 4.72 Å². The number of carbonyl (C=O) groups is 2. The van der Waals surface area contributed by atoms with Gasteiger partial charge in [-0.1, -0.05) is 11.1 Å². The molecule has 2 amide bonds. The summed E-state index contributed by atoms with van der Waals surface area (Å²) in [5.74, 6) is 4.92. The van der Waals surface area contributed by atoms with Crippen LogP contribution in [0.15, 0.2) is 33.7 Å². The second-order valence-electron chi connectivity index (χ2n) is 6.93. The van der Waals surface area contributed by atoms with Crippen LogP contribution in [0.2, 0.25) is 0 Å². The van der Waals surface area contributed by atoms with Crippen molar-refractivity contribution in [3.05, 3.63) is 41.3 Å². The van der Waals surface area contributed by atoms with Crippen LogP contribution in [-0.4, -0.2) is 49.8 Å². The van der Waals surface area contributed by atoms with E-state index in [0.29, 0.717) is 22.8 Å². The van der Waals surface area contributed by atoms with E-state index in [4.69, 9.17) is 14.5 Å². The molecule has 0 saturated carbocycles. The highest BCUT2D eigenvalue weighted by atomic mass is 32.2. The molecule has 2 rings (SSSR count). The van der Waals surface area contributed by atoms with Crippen molar-refractivity contribution in [3.63, 3.8) is 0 Å². The minimum atomic E-state index is -4.07. The molecule has 4 N–H and O–H groups in total. The third-order valence-corrected chi connectivity index (χ3v) is 6.05. The summed E-state index contributed by atoms with van der Waals surface area (Å²) in [6, 6.07) is 4.34. The summed E-state index contributed by atoms with van der Waals surface area (Å²) in [6.07, 6.45) is 0.269. The number of benzene rings is 1. The zero-order valence-corrected chi connectivity index (χ0v) is 19.3. The Balaban J connectivity index is 1.96. The molecular formula is C21H26N4O7S. The van der Waals surface area contributed by atoms with Gasteiger partial charge >= 0.3 is 0 Å². The van der Waals surface area contributed by atoms with Gasteiger partial charge in [0.05, 0.1) is 10.6 Å². The van der Waals surface area contributed by atoms with Crippen molar-refractivity contribution in [1.82, 2.24) is 20.7 Å². The molecule has 12 heteroatoms. The maximum Gasteiger partial charge on any atom is 0.261 e. The van der Waals surface area contributed by atoms with E-state index in [1.807, 2.05) is 0 Å². The van der Waals surface area contributed by atoms with E-state index in [1.165, 1.54) is 29.7 Å². The number of hydrogen-bond acceptors (Lipinski definition) is 8. The van der Waals surface area contributed by atoms with Crippen LogP contribution in [0.1, 0.15) is 41.6 Å². The van der Waals surface area contributed by atoms with Crippen molar-refractivity contribution in [2.75, 3.05) is 13.2 Å². The summed E-state index contributed by atoms with van der Waals surface area (Å²) < 4.78 is 37.9. The summed E-state index contributed by atoms with van der Waals surface area (Å²) in [5.41, 5.74) is 2.23. The van der Waals surface area contributed by atoms with Crippen LogP contribution >= 0.6 is 0 Å². The van der Waals surface area contributed by atoms with E-state index in [1.54, 1.807) is 20.8 Å². The predicted octanol–water partition coefficient (Wildman–Crippen LogP) is 1.06. The molecule has 0 spiro atoms. The fourth-order valence-electron chi connectivity index (χ4n) is 2.89. The molecule has 0 saturated heterocycles. The molecule has 1 aromatic heterocycles. The Morgan fingerprint density at radius 3 is 2.52 bits per heavy atom. The number of ether oxygens (including phenoxy) is 1. The number of amides is 2. The lowest BCUT2D eigenvalue weighted by Crippen LogP contribution is -2.46. The quantitative estimate of drug-likeness (QED) is 0.161. The smallest absolute Gasteiger partial charge is 0.261 e. The molecule has 11 nitrogen and oxygen atoms in total. The van der Waals surface area contributed by atoms with Crippen molar-refractivity contribution in [2.24, 2.45) is 0 Å². The number of hydroxylamine groups is 1. The van der Waals surface area contributed by atoms with Crippen molar-refractivity contribution in [3.8, 4) is 17.6 Å². The Labute approximate surface area is 191 Å². The number of rotatable bonds is 11. The second-order valence-corrected chi connectivity index (χ2v) is 8.65. The van der Waals surface area contributed by atoms with Crippen LogP contribution in [0.5, 0.6) is 5.75 Å². The average Bonchev–Trinajstić information content (AvgIpc) is 3.13. The number of nitrogens with one attached hydrogen (secondary N) is 3. The molecule has 0 aliphatic rings. The third-order valence-electron chi connectivity index (χ3n) is 4.56. The number of carbonyl (C=O) groups excluding carboxylic acids is 2. The molecule has 0 bridgehead atoms. The van der Waals surface area contributed by atoms with Crippen molar-refractivity contribution < 1.29 is 32.5 Å². The zero-order valence-electron chi connectivity index (χ0n) is 18.5. The van der Waals surface area contributed by atoms with E-state index >= 15 is 0 Å². The van der Waals surface area contributed by atoms with Gasteiger partial charge in [-0.05, 0) is 57.9 Å². The number of aromatic nitrogens is 1. The molecule has 0 aliphatic carbocycles. The predicted molar refractivity (Wildman–Crippen MR) is 117 cm³/mol. The highest BCUT2D eigenvalue weighted by Gasteiger charge is 2.25. The summed E-state index contributed by atoms with van der Waals surface area (Å²) in [6.45, 7) is 5.26. The largest absolute Gasteiger partial charge is 0.481 e. The molecule has 2 aromatic rings. The number of hydrogen-bond donors (Lipinski definition) is 4. The van der Waals surface area contributed by atoms with E-state index in [2.05, 4.69) is 27.0 Å². The van der Waals surface area contributed by atoms with Crippen molar-refractivity contribution >= 4 is 21.8 Å². The minimum Gasteiger partial charge on any atom is -0.481 e. The first-order chi connectivity index (χ1) is 15.7. The van der Waals surface area contributed by atoms with Gasteiger partial charge in [0.1, 0.15) is 29.7 Å². The Hall–Kier alpha value is -3.40. The van der Waals surface area contributed by atoms with Gasteiger partial charge in [0.15, 0.2) is 0 Å². The lowest BCUT2D eigenvalue weighted by atomic mass is 10.1. The van der Waals surface area contributed by atoms with E-state index in [9.17, 15) is 18.0 Å². The maximum absolute atomic E-state index is 12.7. The monoisotopic (exact) mass is 478 g/mol. The maximum atomic E-state index is 12.7. The minimum absolute atomic E-state index is 0.0182. The SMILES string of the molecule is CC#CCOc1ccc(S(=O)(=O)NC(CCCNC(=O)c2c(C)noc2C)C(=O)NO)cc1. The van der Waals surface area contributed by atoms with E-state index in [-0.39, 0.29) is 36.8 Å². The Morgan fingerprint density at radius 1 is 1.24 bits per heavy atom. The summed E-state index contributed by atoms with van der Waals surface area (Å²) >= 11 is 0. The van der Waals surface area contributed by atoms with E-state index in [0.717, 1.165) is 0 Å². The van der Waals surface area contributed by atoms with Gasteiger partial charge in [-0.3, -0.25) is 14.8 Å². The van der Waals surface area contributed by atoms with Crippen LogP contribution < -0.4 is 20.3 Å². The highest BCUT2D eigenvalue weighted by Crippen LogP contribution is 2.17. The van der Waals surface area contributed by atoms with Gasteiger partial charge in [0, 0.05) is 6.54 Å². The molecule has 178 valence electrons. The summed E-state index contributed by atoms with van der Waals surface area (Å²) in [5, 5.41) is 15.4. The van der Waals surface area contributed by atoms with Crippen LogP contribution in [-0.2, 0) is 14.8 Å². The number of aryl methyl sites for hydroxylation is 2. The molecule has 0 radical (unpaired) electrons. The highest BCUT2D eigenvalue weighted by molar-refractivity contribution is 7.89. The first-order valence-electron chi connectivity index (χ1n) is 9.99. The first kappa shape index (κ1) is 25.9. The Bertz CT molecular complexity index is 1110. The standard InChI is InChI=1S/C21H26N4O7S/c1-4-5-13-31-16-8-10-17(11-9-16)33(29,30)25-18(20(26)23-28)7-6-12-22-21(27)19-14(2)24-32-15(19)3/h8-11,18,25,28H,6-7,12-13H2,1-3H3,(H,22,27)(H,23,26). The molecule has 1 heterocycles. The molecule has 0 aliphatic heterocycles. The van der Waals surface area contributed by atoms with E-state index < -0.39 is 22.0 Å². The Kier molecular flexibility index (Phi) is 9.41. The van der Waals surface area contributed by atoms with Crippen molar-refractivity contribution in [1.29, 1.82) is 0 Å². The average molecular weight is 479 g/mol. The number of nitrogens with zero attached hydrogens (tertiary/aromatic N) is 1. The van der Waals surface area contributed by atoms with Crippen molar-refractivity contribution in [2.45, 2.75) is 44.6 Å².